The quantitative estimate of drug-likeness (QED) is 0.743. The molecule has 2 aromatic carbocycles. The molecule has 5 nitrogen and oxygen atoms in total. The van der Waals surface area contributed by atoms with E-state index in [1.54, 1.807) is 0 Å². The second-order valence-electron chi connectivity index (χ2n) is 5.24. The molecule has 1 aromatic heterocycles. The van der Waals surface area contributed by atoms with Crippen LogP contribution in [0.5, 0.6) is 0 Å². The number of rotatable bonds is 3. The molecular weight excluding hydrogens is 290 g/mol. The van der Waals surface area contributed by atoms with Crippen molar-refractivity contribution in [2.75, 3.05) is 0 Å². The lowest BCUT2D eigenvalue weighted by Gasteiger charge is -2.06. The van der Waals surface area contributed by atoms with Crippen LogP contribution in [0.2, 0.25) is 0 Å². The molecule has 0 amide bonds. The van der Waals surface area contributed by atoms with E-state index in [4.69, 9.17) is 9.59 Å². The highest BCUT2D eigenvalue weighted by Crippen LogP contribution is 2.19. The van der Waals surface area contributed by atoms with Gasteiger partial charge in [0.05, 0.1) is 11.9 Å². The SMILES string of the molecule is CC(C)c1ccc(-n2cc(-c3ccccc3)nn2)cc1.O=C=O. The van der Waals surface area contributed by atoms with Crippen LogP contribution in [0.25, 0.3) is 16.9 Å². The van der Waals surface area contributed by atoms with Crippen LogP contribution in [0.15, 0.2) is 60.8 Å². The molecular formula is C18H17N3O2. The Morgan fingerprint density at radius 1 is 0.957 bits per heavy atom. The van der Waals surface area contributed by atoms with E-state index in [1.165, 1.54) is 5.56 Å². The topological polar surface area (TPSA) is 64.8 Å². The molecule has 0 saturated heterocycles. The zero-order valence-electron chi connectivity index (χ0n) is 13.0. The Morgan fingerprint density at radius 2 is 1.57 bits per heavy atom. The zero-order valence-corrected chi connectivity index (χ0v) is 13.0. The lowest BCUT2D eigenvalue weighted by Crippen LogP contribution is -1.95. The minimum absolute atomic E-state index is 0.250. The van der Waals surface area contributed by atoms with Gasteiger partial charge in [0.2, 0.25) is 0 Å². The molecule has 0 spiro atoms. The highest BCUT2D eigenvalue weighted by Gasteiger charge is 2.05. The standard InChI is InChI=1S/C17H17N3.CO2/c1-13(2)14-8-10-16(11-9-14)20-12-17(18-19-20)15-6-4-3-5-7-15;2-1-3/h3-13H,1-2H3;. The highest BCUT2D eigenvalue weighted by atomic mass is 16.2. The predicted molar refractivity (Wildman–Crippen MR) is 85.9 cm³/mol. The van der Waals surface area contributed by atoms with E-state index >= 15 is 0 Å². The Kier molecular flexibility index (Phi) is 5.56. The Morgan fingerprint density at radius 3 is 2.13 bits per heavy atom. The van der Waals surface area contributed by atoms with Crippen molar-refractivity contribution >= 4 is 6.15 Å². The number of hydrogen-bond donors (Lipinski definition) is 0. The fourth-order valence-electron chi connectivity index (χ4n) is 2.14. The van der Waals surface area contributed by atoms with E-state index in [1.807, 2.05) is 41.2 Å². The average Bonchev–Trinajstić information content (AvgIpc) is 3.06. The van der Waals surface area contributed by atoms with Gasteiger partial charge < -0.3 is 0 Å². The Hall–Kier alpha value is -3.04. The summed E-state index contributed by atoms with van der Waals surface area (Å²) < 4.78 is 1.81. The Labute approximate surface area is 134 Å². The fraction of sp³-hybridized carbons (Fsp3) is 0.167. The molecule has 1 heterocycles. The van der Waals surface area contributed by atoms with Crippen molar-refractivity contribution in [2.45, 2.75) is 19.8 Å². The first-order chi connectivity index (χ1) is 11.2. The maximum atomic E-state index is 8.12. The van der Waals surface area contributed by atoms with Crippen molar-refractivity contribution in [3.63, 3.8) is 0 Å². The van der Waals surface area contributed by atoms with Gasteiger partial charge >= 0.3 is 6.15 Å². The molecule has 116 valence electrons. The summed E-state index contributed by atoms with van der Waals surface area (Å²) in [6, 6.07) is 18.5. The van der Waals surface area contributed by atoms with Gasteiger partial charge in [0.1, 0.15) is 5.69 Å². The zero-order chi connectivity index (χ0) is 16.7. The van der Waals surface area contributed by atoms with E-state index in [9.17, 15) is 0 Å². The van der Waals surface area contributed by atoms with Crippen LogP contribution < -0.4 is 0 Å². The summed E-state index contributed by atoms with van der Waals surface area (Å²) in [5, 5.41) is 8.44. The van der Waals surface area contributed by atoms with Crippen LogP contribution in [0.4, 0.5) is 0 Å². The maximum Gasteiger partial charge on any atom is 0.373 e. The lowest BCUT2D eigenvalue weighted by molar-refractivity contribution is -0.191. The van der Waals surface area contributed by atoms with Gasteiger partial charge in [0.25, 0.3) is 0 Å². The summed E-state index contributed by atoms with van der Waals surface area (Å²) in [7, 11) is 0. The first-order valence-electron chi connectivity index (χ1n) is 7.23. The summed E-state index contributed by atoms with van der Waals surface area (Å²) in [6.07, 6.45) is 2.21. The van der Waals surface area contributed by atoms with Gasteiger partial charge in [-0.25, -0.2) is 4.68 Å². The minimum atomic E-state index is 0.250. The highest BCUT2D eigenvalue weighted by molar-refractivity contribution is 5.57. The molecule has 0 bridgehead atoms. The molecule has 0 radical (unpaired) electrons. The van der Waals surface area contributed by atoms with Gasteiger partial charge in [-0.3, -0.25) is 0 Å². The van der Waals surface area contributed by atoms with Crippen molar-refractivity contribution in [1.82, 2.24) is 15.0 Å². The van der Waals surface area contributed by atoms with Crippen molar-refractivity contribution < 1.29 is 9.59 Å². The van der Waals surface area contributed by atoms with Crippen LogP contribution in [-0.4, -0.2) is 21.1 Å². The molecule has 0 unspecified atom stereocenters. The number of carbonyl (C=O) groups excluding carboxylic acids is 2. The molecule has 23 heavy (non-hydrogen) atoms. The first-order valence-corrected chi connectivity index (χ1v) is 7.23. The smallest absolute Gasteiger partial charge is 0.220 e. The normalized spacial score (nSPS) is 9.87. The van der Waals surface area contributed by atoms with Crippen molar-refractivity contribution in [3.05, 3.63) is 66.4 Å². The summed E-state index contributed by atoms with van der Waals surface area (Å²) in [4.78, 5) is 16.2. The second kappa shape index (κ2) is 7.82. The van der Waals surface area contributed by atoms with Gasteiger partial charge in [-0.15, -0.1) is 5.10 Å². The molecule has 3 aromatic rings. The van der Waals surface area contributed by atoms with Gasteiger partial charge in [-0.05, 0) is 23.6 Å². The van der Waals surface area contributed by atoms with Crippen LogP contribution in [0, 0.1) is 0 Å². The summed E-state index contributed by atoms with van der Waals surface area (Å²) >= 11 is 0. The Bertz CT molecular complexity index is 772. The summed E-state index contributed by atoms with van der Waals surface area (Å²) in [6.45, 7) is 4.38. The predicted octanol–water partition coefficient (Wildman–Crippen LogP) is 3.47. The first kappa shape index (κ1) is 16.3. The number of nitrogens with zero attached hydrogens (tertiary/aromatic N) is 3. The molecule has 0 atom stereocenters. The molecule has 0 fully saturated rings. The van der Waals surface area contributed by atoms with E-state index in [2.05, 4.69) is 48.4 Å². The molecule has 0 aliphatic heterocycles. The molecule has 5 heteroatoms. The van der Waals surface area contributed by atoms with E-state index in [-0.39, 0.29) is 6.15 Å². The van der Waals surface area contributed by atoms with Crippen molar-refractivity contribution in [1.29, 1.82) is 0 Å². The van der Waals surface area contributed by atoms with Gasteiger partial charge in [0, 0.05) is 5.56 Å². The van der Waals surface area contributed by atoms with Crippen LogP contribution >= 0.6 is 0 Å². The third-order valence-corrected chi connectivity index (χ3v) is 3.39. The molecule has 3 rings (SSSR count). The van der Waals surface area contributed by atoms with Gasteiger partial charge in [-0.2, -0.15) is 9.59 Å². The molecule has 0 aliphatic rings. The monoisotopic (exact) mass is 307 g/mol. The van der Waals surface area contributed by atoms with E-state index in [0.717, 1.165) is 16.9 Å². The molecule has 0 aliphatic carbocycles. The van der Waals surface area contributed by atoms with Crippen LogP contribution in [-0.2, 0) is 9.59 Å². The lowest BCUT2D eigenvalue weighted by atomic mass is 10.0. The average molecular weight is 307 g/mol. The number of benzene rings is 2. The third-order valence-electron chi connectivity index (χ3n) is 3.39. The largest absolute Gasteiger partial charge is 0.373 e. The third kappa shape index (κ3) is 4.22. The number of hydrogen-bond acceptors (Lipinski definition) is 4. The maximum absolute atomic E-state index is 8.12. The molecule has 0 saturated carbocycles. The fourth-order valence-corrected chi connectivity index (χ4v) is 2.14. The van der Waals surface area contributed by atoms with Gasteiger partial charge in [0.15, 0.2) is 0 Å². The van der Waals surface area contributed by atoms with Crippen LogP contribution in [0.3, 0.4) is 0 Å². The summed E-state index contributed by atoms with van der Waals surface area (Å²) in [5.41, 5.74) is 4.33. The second-order valence-corrected chi connectivity index (χ2v) is 5.24. The van der Waals surface area contributed by atoms with Crippen molar-refractivity contribution in [2.24, 2.45) is 0 Å². The number of aromatic nitrogens is 3. The minimum Gasteiger partial charge on any atom is -0.220 e. The van der Waals surface area contributed by atoms with E-state index in [0.29, 0.717) is 5.92 Å². The Balaban J connectivity index is 0.000000595. The summed E-state index contributed by atoms with van der Waals surface area (Å²) in [5.74, 6) is 0.541. The van der Waals surface area contributed by atoms with Crippen molar-refractivity contribution in [3.8, 4) is 16.9 Å². The van der Waals surface area contributed by atoms with Gasteiger partial charge in [-0.1, -0.05) is 61.5 Å². The van der Waals surface area contributed by atoms with Crippen LogP contribution in [0.1, 0.15) is 25.3 Å². The van der Waals surface area contributed by atoms with E-state index < -0.39 is 0 Å². The molecule has 0 N–H and O–H groups in total.